The number of amides is 1. The molecular weight excluding hydrogens is 310 g/mol. The molecule has 2 aromatic heterocycles. The molecule has 0 aliphatic rings. The lowest BCUT2D eigenvalue weighted by Crippen LogP contribution is -2.19. The Balaban J connectivity index is 1.84. The highest BCUT2D eigenvalue weighted by atomic mass is 32.1. The van der Waals surface area contributed by atoms with Gasteiger partial charge in [-0.2, -0.15) is 0 Å². The summed E-state index contributed by atoms with van der Waals surface area (Å²) in [4.78, 5) is 28.3. The lowest BCUT2D eigenvalue weighted by atomic mass is 10.2. The van der Waals surface area contributed by atoms with Gasteiger partial charge >= 0.3 is 0 Å². The van der Waals surface area contributed by atoms with E-state index in [1.807, 2.05) is 36.6 Å². The average Bonchev–Trinajstić information content (AvgIpc) is 2.97. The fraction of sp³-hybridized carbons (Fsp3) is 0.118. The number of hydrogen-bond donors (Lipinski definition) is 1. The summed E-state index contributed by atoms with van der Waals surface area (Å²) in [6.07, 6.45) is 1.58. The predicted molar refractivity (Wildman–Crippen MR) is 91.9 cm³/mol. The van der Waals surface area contributed by atoms with Crippen LogP contribution in [0.15, 0.2) is 52.8 Å². The smallest absolute Gasteiger partial charge is 0.255 e. The molecule has 0 saturated heterocycles. The van der Waals surface area contributed by atoms with Crippen LogP contribution in [0.2, 0.25) is 0 Å². The Morgan fingerprint density at radius 2 is 2.09 bits per heavy atom. The van der Waals surface area contributed by atoms with Crippen LogP contribution in [0.3, 0.4) is 0 Å². The van der Waals surface area contributed by atoms with Gasteiger partial charge in [-0.15, -0.1) is 11.3 Å². The van der Waals surface area contributed by atoms with E-state index in [2.05, 4.69) is 10.3 Å². The van der Waals surface area contributed by atoms with E-state index in [0.29, 0.717) is 11.3 Å². The summed E-state index contributed by atoms with van der Waals surface area (Å²) >= 11 is 1.56. The molecule has 0 radical (unpaired) electrons. The molecule has 1 aromatic carbocycles. The molecule has 3 rings (SSSR count). The van der Waals surface area contributed by atoms with Crippen molar-refractivity contribution >= 4 is 22.9 Å². The third-order valence-electron chi connectivity index (χ3n) is 3.35. The van der Waals surface area contributed by atoms with Crippen molar-refractivity contribution in [2.45, 2.75) is 6.92 Å². The van der Waals surface area contributed by atoms with Gasteiger partial charge in [-0.3, -0.25) is 9.59 Å². The van der Waals surface area contributed by atoms with E-state index in [0.717, 1.165) is 16.3 Å². The Hall–Kier alpha value is -2.73. The van der Waals surface area contributed by atoms with Gasteiger partial charge in [-0.1, -0.05) is 12.1 Å². The second-order valence-electron chi connectivity index (χ2n) is 5.19. The summed E-state index contributed by atoms with van der Waals surface area (Å²) in [5.74, 6) is -0.310. The van der Waals surface area contributed by atoms with Crippen molar-refractivity contribution in [2.24, 2.45) is 7.05 Å². The lowest BCUT2D eigenvalue weighted by Gasteiger charge is -2.07. The lowest BCUT2D eigenvalue weighted by molar-refractivity contribution is 0.102. The number of nitrogens with zero attached hydrogens (tertiary/aromatic N) is 2. The van der Waals surface area contributed by atoms with Crippen LogP contribution in [0.1, 0.15) is 16.1 Å². The van der Waals surface area contributed by atoms with Crippen molar-refractivity contribution in [3.05, 3.63) is 69.6 Å². The summed E-state index contributed by atoms with van der Waals surface area (Å²) in [6, 6.07) is 10.4. The molecule has 2 heterocycles. The van der Waals surface area contributed by atoms with Gasteiger partial charge in [0.25, 0.3) is 11.5 Å². The number of rotatable bonds is 3. The van der Waals surface area contributed by atoms with Crippen LogP contribution < -0.4 is 10.9 Å². The molecule has 5 nitrogen and oxygen atoms in total. The number of carbonyl (C=O) groups is 1. The number of hydrogen-bond acceptors (Lipinski definition) is 4. The fourth-order valence-electron chi connectivity index (χ4n) is 2.11. The molecule has 6 heteroatoms. The molecule has 0 aliphatic heterocycles. The number of pyridine rings is 1. The van der Waals surface area contributed by atoms with Gasteiger partial charge in [0.2, 0.25) is 0 Å². The van der Waals surface area contributed by atoms with Crippen molar-refractivity contribution in [1.29, 1.82) is 0 Å². The zero-order valence-electron chi connectivity index (χ0n) is 12.7. The number of benzene rings is 1. The third kappa shape index (κ3) is 3.37. The largest absolute Gasteiger partial charge is 0.322 e. The van der Waals surface area contributed by atoms with Gasteiger partial charge in [0.15, 0.2) is 0 Å². The topological polar surface area (TPSA) is 64.0 Å². The van der Waals surface area contributed by atoms with Crippen molar-refractivity contribution in [2.75, 3.05) is 5.32 Å². The van der Waals surface area contributed by atoms with Gasteiger partial charge in [0, 0.05) is 47.2 Å². The van der Waals surface area contributed by atoms with Gasteiger partial charge in [-0.25, -0.2) is 4.98 Å². The van der Waals surface area contributed by atoms with E-state index in [4.69, 9.17) is 0 Å². The van der Waals surface area contributed by atoms with Crippen LogP contribution in [0.5, 0.6) is 0 Å². The normalized spacial score (nSPS) is 10.5. The average molecular weight is 325 g/mol. The maximum Gasteiger partial charge on any atom is 0.255 e. The Morgan fingerprint density at radius 3 is 2.78 bits per heavy atom. The predicted octanol–water partition coefficient (Wildman–Crippen LogP) is 3.07. The van der Waals surface area contributed by atoms with Crippen molar-refractivity contribution in [1.82, 2.24) is 9.55 Å². The van der Waals surface area contributed by atoms with E-state index < -0.39 is 0 Å². The standard InChI is InChI=1S/C17H15N3O2S/c1-11-10-23-17(18-11)13-4-3-5-14(8-13)19-16(22)12-6-7-20(2)15(21)9-12/h3-10H,1-2H3,(H,19,22). The zero-order chi connectivity index (χ0) is 16.4. The molecule has 0 atom stereocenters. The summed E-state index contributed by atoms with van der Waals surface area (Å²) in [6.45, 7) is 1.95. The molecule has 0 spiro atoms. The maximum atomic E-state index is 12.3. The minimum Gasteiger partial charge on any atom is -0.322 e. The number of nitrogens with one attached hydrogen (secondary N) is 1. The first kappa shape index (κ1) is 15.2. The van der Waals surface area contributed by atoms with Gasteiger partial charge in [0.05, 0.1) is 0 Å². The molecule has 0 bridgehead atoms. The molecule has 0 aliphatic carbocycles. The molecule has 1 amide bonds. The quantitative estimate of drug-likeness (QED) is 0.805. The highest BCUT2D eigenvalue weighted by Crippen LogP contribution is 2.26. The zero-order valence-corrected chi connectivity index (χ0v) is 13.6. The van der Waals surface area contributed by atoms with E-state index in [1.165, 1.54) is 10.6 Å². The van der Waals surface area contributed by atoms with Crippen molar-refractivity contribution in [3.63, 3.8) is 0 Å². The minimum atomic E-state index is -0.310. The van der Waals surface area contributed by atoms with Crippen LogP contribution in [-0.4, -0.2) is 15.5 Å². The summed E-state index contributed by atoms with van der Waals surface area (Å²) < 4.78 is 1.42. The van der Waals surface area contributed by atoms with Gasteiger partial charge in [-0.05, 0) is 25.1 Å². The fourth-order valence-corrected chi connectivity index (χ4v) is 2.90. The minimum absolute atomic E-state index is 0.218. The molecule has 0 fully saturated rings. The summed E-state index contributed by atoms with van der Waals surface area (Å²) in [5, 5.41) is 5.71. The maximum absolute atomic E-state index is 12.3. The first-order valence-corrected chi connectivity index (χ1v) is 7.91. The van der Waals surface area contributed by atoms with Crippen LogP contribution in [0, 0.1) is 6.92 Å². The Morgan fingerprint density at radius 1 is 1.26 bits per heavy atom. The molecular formula is C17H15N3O2S. The molecule has 0 unspecified atom stereocenters. The van der Waals surface area contributed by atoms with Crippen LogP contribution in [0.4, 0.5) is 5.69 Å². The van der Waals surface area contributed by atoms with Crippen LogP contribution in [-0.2, 0) is 7.05 Å². The summed E-state index contributed by atoms with van der Waals surface area (Å²) in [7, 11) is 1.64. The first-order valence-electron chi connectivity index (χ1n) is 7.03. The number of aromatic nitrogens is 2. The number of aryl methyl sites for hydroxylation is 2. The van der Waals surface area contributed by atoms with Gasteiger partial charge < -0.3 is 9.88 Å². The highest BCUT2D eigenvalue weighted by Gasteiger charge is 2.09. The molecule has 0 saturated carbocycles. The highest BCUT2D eigenvalue weighted by molar-refractivity contribution is 7.13. The molecule has 1 N–H and O–H groups in total. The van der Waals surface area contributed by atoms with Crippen LogP contribution in [0.25, 0.3) is 10.6 Å². The second kappa shape index (κ2) is 6.18. The van der Waals surface area contributed by atoms with Gasteiger partial charge in [0.1, 0.15) is 5.01 Å². The van der Waals surface area contributed by atoms with Crippen molar-refractivity contribution < 1.29 is 4.79 Å². The molecule has 116 valence electrons. The Kier molecular flexibility index (Phi) is 4.08. The Bertz CT molecular complexity index is 927. The van der Waals surface area contributed by atoms with Crippen LogP contribution >= 0.6 is 11.3 Å². The van der Waals surface area contributed by atoms with Crippen molar-refractivity contribution in [3.8, 4) is 10.6 Å². The third-order valence-corrected chi connectivity index (χ3v) is 4.36. The number of anilines is 1. The van der Waals surface area contributed by atoms with E-state index in [-0.39, 0.29) is 11.5 Å². The monoisotopic (exact) mass is 325 g/mol. The van der Waals surface area contributed by atoms with E-state index >= 15 is 0 Å². The van der Waals surface area contributed by atoms with E-state index in [9.17, 15) is 9.59 Å². The van der Waals surface area contributed by atoms with E-state index in [1.54, 1.807) is 30.6 Å². The number of carbonyl (C=O) groups excluding carboxylic acids is 1. The second-order valence-corrected chi connectivity index (χ2v) is 6.05. The summed E-state index contributed by atoms with van der Waals surface area (Å²) in [5.41, 5.74) is 2.71. The Labute approximate surface area is 137 Å². The SMILES string of the molecule is Cc1csc(-c2cccc(NC(=O)c3ccn(C)c(=O)c3)c2)n1. The first-order chi connectivity index (χ1) is 11.0. The molecule has 23 heavy (non-hydrogen) atoms. The molecule has 3 aromatic rings. The number of thiazole rings is 1.